The van der Waals surface area contributed by atoms with Crippen molar-refractivity contribution in [2.75, 3.05) is 13.7 Å². The number of carbonyl (C=O) groups excluding carboxylic acids is 2. The molecule has 1 heterocycles. The summed E-state index contributed by atoms with van der Waals surface area (Å²) < 4.78 is 18.1. The van der Waals surface area contributed by atoms with Crippen LogP contribution in [0.15, 0.2) is 44.9 Å². The van der Waals surface area contributed by atoms with E-state index in [1.165, 1.54) is 62.0 Å². The molecule has 1 aliphatic heterocycles. The molecule has 0 saturated heterocycles. The second-order valence-corrected chi connectivity index (χ2v) is 13.8. The molecule has 0 radical (unpaired) electrons. The van der Waals surface area contributed by atoms with E-state index in [0.29, 0.717) is 10.7 Å². The molecule has 3 aliphatic rings. The van der Waals surface area contributed by atoms with Gasteiger partial charge in [0.2, 0.25) is 0 Å². The number of nitrogens with zero attached hydrogens (tertiary/aromatic N) is 1. The first-order valence-electron chi connectivity index (χ1n) is 14.5. The molecule has 0 unspecified atom stereocenters. The van der Waals surface area contributed by atoms with Gasteiger partial charge in [0.25, 0.3) is 0 Å². The molecule has 4 rings (SSSR count). The summed E-state index contributed by atoms with van der Waals surface area (Å²) in [7, 11) is 1.64. The second-order valence-electron chi connectivity index (χ2n) is 11.5. The normalized spacial score (nSPS) is 24.8. The molecule has 0 atom stereocenters. The third kappa shape index (κ3) is 9.66. The van der Waals surface area contributed by atoms with Crippen LogP contribution in [0.3, 0.4) is 0 Å². The Morgan fingerprint density at radius 1 is 1.00 bits per heavy atom. The number of fused-ring (bicyclic) bond motifs is 1. The van der Waals surface area contributed by atoms with Crippen molar-refractivity contribution < 1.29 is 23.8 Å². The predicted octanol–water partition coefficient (Wildman–Crippen LogP) is 8.67. The molecule has 0 aromatic heterocycles. The van der Waals surface area contributed by atoms with Crippen molar-refractivity contribution in [3.63, 3.8) is 0 Å². The Morgan fingerprint density at radius 3 is 2.12 bits per heavy atom. The molecule has 0 amide bonds. The lowest BCUT2D eigenvalue weighted by molar-refractivity contribution is -0.140. The smallest absolute Gasteiger partial charge is 0.350 e. The van der Waals surface area contributed by atoms with E-state index in [1.54, 1.807) is 7.11 Å². The third-order valence-electron chi connectivity index (χ3n) is 8.41. The van der Waals surface area contributed by atoms with Gasteiger partial charge in [-0.25, -0.2) is 4.79 Å². The van der Waals surface area contributed by atoms with Gasteiger partial charge in [-0.1, -0.05) is 49.4 Å². The van der Waals surface area contributed by atoms with Gasteiger partial charge in [0.05, 0.1) is 27.4 Å². The molecule has 1 aromatic carbocycles. The van der Waals surface area contributed by atoms with E-state index < -0.39 is 5.97 Å². The van der Waals surface area contributed by atoms with Crippen LogP contribution in [0.1, 0.15) is 84.1 Å². The van der Waals surface area contributed by atoms with Crippen LogP contribution in [-0.4, -0.2) is 38.2 Å². The molecule has 6 nitrogen and oxygen atoms in total. The Balaban J connectivity index is 0.00000141. The highest BCUT2D eigenvalue weighted by molar-refractivity contribution is 8.24. The van der Waals surface area contributed by atoms with Gasteiger partial charge in [-0.15, -0.1) is 13.2 Å². The van der Waals surface area contributed by atoms with Crippen LogP contribution in [0.2, 0.25) is 0 Å². The van der Waals surface area contributed by atoms with Crippen LogP contribution in [-0.2, 0) is 19.1 Å². The summed E-state index contributed by atoms with van der Waals surface area (Å²) in [6.45, 7) is 16.5. The number of esters is 1. The first-order chi connectivity index (χ1) is 19.7. The van der Waals surface area contributed by atoms with Crippen molar-refractivity contribution >= 4 is 36.3 Å². The number of hydrogen-bond donors (Lipinski definition) is 0. The Kier molecular flexibility index (Phi) is 14.5. The minimum atomic E-state index is -0.576. The monoisotopic (exact) mass is 601 g/mol. The third-order valence-corrected chi connectivity index (χ3v) is 11.2. The van der Waals surface area contributed by atoms with Gasteiger partial charge in [0.1, 0.15) is 18.6 Å². The number of ether oxygens (including phenoxy) is 3. The number of hydrogen-bond acceptors (Lipinski definition) is 8. The highest BCUT2D eigenvalue weighted by Crippen LogP contribution is 2.57. The molecule has 2 fully saturated rings. The Hall–Kier alpha value is -2.21. The molecule has 2 aliphatic carbocycles. The van der Waals surface area contributed by atoms with Gasteiger partial charge >= 0.3 is 5.97 Å². The number of benzene rings is 1. The zero-order valence-electron chi connectivity index (χ0n) is 25.5. The highest BCUT2D eigenvalue weighted by Gasteiger charge is 2.33. The van der Waals surface area contributed by atoms with Crippen LogP contribution in [0.4, 0.5) is 0 Å². The predicted molar refractivity (Wildman–Crippen MR) is 168 cm³/mol. The van der Waals surface area contributed by atoms with Crippen molar-refractivity contribution in [1.82, 2.24) is 0 Å². The van der Waals surface area contributed by atoms with Crippen molar-refractivity contribution in [3.05, 3.63) is 40.7 Å². The van der Waals surface area contributed by atoms with Crippen molar-refractivity contribution in [2.45, 2.75) is 107 Å². The summed E-state index contributed by atoms with van der Waals surface area (Å²) in [6, 6.07) is 6.22. The molecule has 0 bridgehead atoms. The zero-order valence-corrected chi connectivity index (χ0v) is 27.1. The number of methoxy groups -OCH3 is 1. The van der Waals surface area contributed by atoms with E-state index in [1.807, 2.05) is 20.6 Å². The van der Waals surface area contributed by atoms with Gasteiger partial charge in [0.15, 0.2) is 5.57 Å². The average molecular weight is 602 g/mol. The fourth-order valence-electron chi connectivity index (χ4n) is 5.62. The van der Waals surface area contributed by atoms with Crippen molar-refractivity contribution in [2.24, 2.45) is 17.8 Å². The van der Waals surface area contributed by atoms with E-state index in [4.69, 9.17) is 19.0 Å². The summed E-state index contributed by atoms with van der Waals surface area (Å²) in [4.78, 5) is 22.8. The van der Waals surface area contributed by atoms with Crippen LogP contribution >= 0.6 is 23.5 Å². The first kappa shape index (κ1) is 35.0. The lowest BCUT2D eigenvalue weighted by Crippen LogP contribution is -2.29. The maximum absolute atomic E-state index is 12.8. The fourth-order valence-corrected chi connectivity index (χ4v) is 8.26. The summed E-state index contributed by atoms with van der Waals surface area (Å²) in [6.07, 6.45) is 11.1. The number of thioether (sulfide) groups is 2. The summed E-state index contributed by atoms with van der Waals surface area (Å²) >= 11 is 2.94. The van der Waals surface area contributed by atoms with Crippen LogP contribution in [0.5, 0.6) is 5.75 Å². The maximum atomic E-state index is 12.8. The number of nitriles is 1. The second kappa shape index (κ2) is 17.0. The topological polar surface area (TPSA) is 85.6 Å². The molecule has 226 valence electrons. The Morgan fingerprint density at radius 2 is 1.56 bits per heavy atom. The largest absolute Gasteiger partial charge is 0.489 e. The van der Waals surface area contributed by atoms with Crippen molar-refractivity contribution in [3.8, 4) is 11.8 Å². The fraction of sp³-hybridized carbons (Fsp3) is 0.606. The van der Waals surface area contributed by atoms with Gasteiger partial charge < -0.3 is 19.0 Å². The lowest BCUT2D eigenvalue weighted by atomic mass is 9.71. The molecular formula is C33H47NO5S2. The Bertz CT molecular complexity index is 1080. The van der Waals surface area contributed by atoms with Gasteiger partial charge in [-0.3, -0.25) is 0 Å². The van der Waals surface area contributed by atoms with Crippen LogP contribution in [0.25, 0.3) is 0 Å². The maximum Gasteiger partial charge on any atom is 0.350 e. The molecule has 0 spiro atoms. The van der Waals surface area contributed by atoms with Gasteiger partial charge in [0, 0.05) is 18.4 Å². The van der Waals surface area contributed by atoms with Gasteiger partial charge in [-0.05, 0) is 88.7 Å². The molecule has 1 aromatic rings. The van der Waals surface area contributed by atoms with E-state index in [-0.39, 0.29) is 23.9 Å². The standard InChI is InChI=1S/C30H41NO4S2.C2H4.CH2O/c1-19-6-9-21(10-7-19)22-11-13-23(14-12-22)35-25-15-8-20(2)26-27(25)37-29(36-26)24(18-31)28(32)34-17-16-30(3,4)33-5;2*1-2/h8,15,19,21-23H,6-7,9-14,16-17H2,1-5H3;1-2H2;1H2/b29-24+;;. The SMILES string of the molecule is C=C.C=O.COC(C)(C)CCOC(=O)/C(C#N)=C1\Sc2c(C)ccc(OC3CCC(C4CCC(C)CC4)CC3)c2S1. The van der Waals surface area contributed by atoms with Crippen LogP contribution < -0.4 is 4.74 Å². The molecule has 2 saturated carbocycles. The first-order valence-corrected chi connectivity index (χ1v) is 16.2. The summed E-state index contributed by atoms with van der Waals surface area (Å²) in [5.41, 5.74) is 0.803. The van der Waals surface area contributed by atoms with Crippen LogP contribution in [0, 0.1) is 36.0 Å². The number of carbonyl (C=O) groups is 2. The van der Waals surface area contributed by atoms with Crippen molar-refractivity contribution in [1.29, 1.82) is 5.26 Å². The van der Waals surface area contributed by atoms with E-state index >= 15 is 0 Å². The van der Waals surface area contributed by atoms with E-state index in [2.05, 4.69) is 45.2 Å². The van der Waals surface area contributed by atoms with E-state index in [9.17, 15) is 10.1 Å². The average Bonchev–Trinajstić information content (AvgIpc) is 3.44. The minimum Gasteiger partial charge on any atom is -0.489 e. The summed E-state index contributed by atoms with van der Waals surface area (Å²) in [5.74, 6) is 2.96. The quantitative estimate of drug-likeness (QED) is 0.127. The number of rotatable bonds is 8. The lowest BCUT2D eigenvalue weighted by Gasteiger charge is -2.37. The molecule has 0 N–H and O–H groups in total. The molecule has 41 heavy (non-hydrogen) atoms. The zero-order chi connectivity index (χ0) is 30.6. The minimum absolute atomic E-state index is 0.0640. The highest BCUT2D eigenvalue weighted by atomic mass is 32.2. The summed E-state index contributed by atoms with van der Waals surface area (Å²) in [5, 5.41) is 9.80. The Labute approximate surface area is 255 Å². The van der Waals surface area contributed by atoms with E-state index in [0.717, 1.165) is 51.7 Å². The molecule has 8 heteroatoms. The number of aryl methyl sites for hydroxylation is 1. The molecular weight excluding hydrogens is 554 g/mol. The van der Waals surface area contributed by atoms with Gasteiger partial charge in [-0.2, -0.15) is 5.26 Å².